The van der Waals surface area contributed by atoms with Crippen LogP contribution in [0.2, 0.25) is 0 Å². The normalized spacial score (nSPS) is 16.6. The first-order chi connectivity index (χ1) is 8.44. The van der Waals surface area contributed by atoms with Crippen molar-refractivity contribution in [3.05, 3.63) is 33.8 Å². The van der Waals surface area contributed by atoms with Crippen LogP contribution >= 0.6 is 15.9 Å². The smallest absolute Gasteiger partial charge is 0.264 e. The van der Waals surface area contributed by atoms with Crippen LogP contribution in [0.5, 0.6) is 0 Å². The Morgan fingerprint density at radius 3 is 2.83 bits per heavy atom. The first-order valence-corrected chi connectivity index (χ1v) is 8.29. The maximum absolute atomic E-state index is 10.6. The summed E-state index contributed by atoms with van der Waals surface area (Å²) in [6.07, 6.45) is 1.47. The Morgan fingerprint density at radius 1 is 1.33 bits per heavy atom. The fourth-order valence-corrected chi connectivity index (χ4v) is 3.15. The molecule has 6 heteroatoms. The predicted octanol–water partition coefficient (Wildman–Crippen LogP) is 2.09. The number of rotatable bonds is 4. The standard InChI is InChI=1S/C12H16BrNO3S/c13-12-3-2-10-4-6-14(9-11(10)8-12)5-1-7-18(15,16)17/h2-3,8H,1,4-7,9H2,(H,15,16,17). The van der Waals surface area contributed by atoms with Crippen molar-refractivity contribution >= 4 is 26.0 Å². The largest absolute Gasteiger partial charge is 0.299 e. The topological polar surface area (TPSA) is 57.6 Å². The number of hydrogen-bond acceptors (Lipinski definition) is 3. The van der Waals surface area contributed by atoms with Gasteiger partial charge in [-0.05, 0) is 42.6 Å². The quantitative estimate of drug-likeness (QED) is 0.857. The highest BCUT2D eigenvalue weighted by atomic mass is 79.9. The molecule has 0 spiro atoms. The first kappa shape index (κ1) is 14.0. The maximum Gasteiger partial charge on any atom is 0.264 e. The summed E-state index contributed by atoms with van der Waals surface area (Å²) in [7, 11) is -3.83. The summed E-state index contributed by atoms with van der Waals surface area (Å²) >= 11 is 3.46. The third kappa shape index (κ3) is 4.05. The van der Waals surface area contributed by atoms with E-state index in [0.29, 0.717) is 13.0 Å². The van der Waals surface area contributed by atoms with Gasteiger partial charge in [-0.1, -0.05) is 22.0 Å². The highest BCUT2D eigenvalue weighted by molar-refractivity contribution is 9.10. The Hall–Kier alpha value is -0.430. The summed E-state index contributed by atoms with van der Waals surface area (Å²) in [4.78, 5) is 2.22. The molecule has 1 aromatic rings. The monoisotopic (exact) mass is 333 g/mol. The Balaban J connectivity index is 1.91. The number of hydrogen-bond donors (Lipinski definition) is 1. The van der Waals surface area contributed by atoms with Crippen LogP contribution in [0.25, 0.3) is 0 Å². The van der Waals surface area contributed by atoms with Gasteiger partial charge in [-0.2, -0.15) is 8.42 Å². The number of nitrogens with zero attached hydrogens (tertiary/aromatic N) is 1. The molecule has 2 rings (SSSR count). The summed E-state index contributed by atoms with van der Waals surface area (Å²) in [5, 5.41) is 0. The van der Waals surface area contributed by atoms with Crippen LogP contribution in [0, 0.1) is 0 Å². The lowest BCUT2D eigenvalue weighted by Gasteiger charge is -2.28. The fraction of sp³-hybridized carbons (Fsp3) is 0.500. The minimum Gasteiger partial charge on any atom is -0.299 e. The van der Waals surface area contributed by atoms with Crippen molar-refractivity contribution < 1.29 is 13.0 Å². The molecule has 0 saturated heterocycles. The molecule has 0 bridgehead atoms. The summed E-state index contributed by atoms with van der Waals surface area (Å²) in [6, 6.07) is 6.30. The molecule has 1 aliphatic rings. The molecule has 1 aromatic carbocycles. The second kappa shape index (κ2) is 5.69. The minimum absolute atomic E-state index is 0.158. The van der Waals surface area contributed by atoms with Crippen LogP contribution in [-0.2, 0) is 23.1 Å². The van der Waals surface area contributed by atoms with E-state index >= 15 is 0 Å². The second-order valence-electron chi connectivity index (χ2n) is 4.58. The Morgan fingerprint density at radius 2 is 2.11 bits per heavy atom. The first-order valence-electron chi connectivity index (χ1n) is 5.89. The minimum atomic E-state index is -3.83. The van der Waals surface area contributed by atoms with Gasteiger partial charge < -0.3 is 0 Å². The van der Waals surface area contributed by atoms with E-state index in [1.165, 1.54) is 11.1 Å². The lowest BCUT2D eigenvalue weighted by Crippen LogP contribution is -2.32. The molecule has 0 saturated carbocycles. The molecule has 1 N–H and O–H groups in total. The molecule has 0 amide bonds. The zero-order valence-electron chi connectivity index (χ0n) is 9.97. The summed E-state index contributed by atoms with van der Waals surface area (Å²) in [5.74, 6) is -0.158. The van der Waals surface area contributed by atoms with E-state index in [1.807, 2.05) is 6.07 Å². The summed E-state index contributed by atoms with van der Waals surface area (Å²) in [5.41, 5.74) is 2.66. The van der Waals surface area contributed by atoms with E-state index in [9.17, 15) is 8.42 Å². The van der Waals surface area contributed by atoms with Gasteiger partial charge >= 0.3 is 0 Å². The van der Waals surface area contributed by atoms with Crippen LogP contribution < -0.4 is 0 Å². The fourth-order valence-electron chi connectivity index (χ4n) is 2.25. The SMILES string of the molecule is O=S(=O)(O)CCCN1CCc2ccc(Br)cc2C1. The van der Waals surface area contributed by atoms with Gasteiger partial charge in [0.15, 0.2) is 0 Å². The van der Waals surface area contributed by atoms with Crippen LogP contribution in [0.3, 0.4) is 0 Å². The van der Waals surface area contributed by atoms with Gasteiger partial charge in [0.2, 0.25) is 0 Å². The Labute approximate surface area is 116 Å². The molecule has 1 aliphatic heterocycles. The van der Waals surface area contributed by atoms with E-state index in [-0.39, 0.29) is 5.75 Å². The van der Waals surface area contributed by atoms with Gasteiger partial charge in [0.1, 0.15) is 0 Å². The van der Waals surface area contributed by atoms with E-state index in [1.54, 1.807) is 0 Å². The van der Waals surface area contributed by atoms with Crippen LogP contribution in [0.1, 0.15) is 17.5 Å². The van der Waals surface area contributed by atoms with Gasteiger partial charge in [-0.15, -0.1) is 0 Å². The van der Waals surface area contributed by atoms with Crippen molar-refractivity contribution in [2.75, 3.05) is 18.8 Å². The van der Waals surface area contributed by atoms with Crippen molar-refractivity contribution in [1.29, 1.82) is 0 Å². The van der Waals surface area contributed by atoms with Gasteiger partial charge in [0.25, 0.3) is 10.1 Å². The molecular weight excluding hydrogens is 318 g/mol. The van der Waals surface area contributed by atoms with Crippen molar-refractivity contribution in [3.63, 3.8) is 0 Å². The van der Waals surface area contributed by atoms with Gasteiger partial charge in [0, 0.05) is 17.6 Å². The summed E-state index contributed by atoms with van der Waals surface area (Å²) < 4.78 is 31.1. The Bertz CT molecular complexity index is 530. The number of halogens is 1. The molecule has 100 valence electrons. The van der Waals surface area contributed by atoms with E-state index in [2.05, 4.69) is 33.0 Å². The summed E-state index contributed by atoms with van der Waals surface area (Å²) in [6.45, 7) is 2.49. The highest BCUT2D eigenvalue weighted by Gasteiger charge is 2.16. The zero-order valence-corrected chi connectivity index (χ0v) is 12.4. The van der Waals surface area contributed by atoms with Crippen molar-refractivity contribution in [1.82, 2.24) is 4.90 Å². The van der Waals surface area contributed by atoms with Crippen LogP contribution in [0.4, 0.5) is 0 Å². The van der Waals surface area contributed by atoms with E-state index in [4.69, 9.17) is 4.55 Å². The molecule has 0 atom stereocenters. The third-order valence-electron chi connectivity index (χ3n) is 3.14. The van der Waals surface area contributed by atoms with Crippen LogP contribution in [-0.4, -0.2) is 36.7 Å². The second-order valence-corrected chi connectivity index (χ2v) is 7.07. The van der Waals surface area contributed by atoms with Crippen molar-refractivity contribution in [2.24, 2.45) is 0 Å². The van der Waals surface area contributed by atoms with E-state index in [0.717, 1.165) is 24.0 Å². The average molecular weight is 334 g/mol. The molecule has 0 unspecified atom stereocenters. The van der Waals surface area contributed by atoms with E-state index < -0.39 is 10.1 Å². The lowest BCUT2D eigenvalue weighted by molar-refractivity contribution is 0.254. The molecule has 0 aromatic heterocycles. The molecule has 0 radical (unpaired) electrons. The average Bonchev–Trinajstić information content (AvgIpc) is 2.26. The molecular formula is C12H16BrNO3S. The third-order valence-corrected chi connectivity index (χ3v) is 4.43. The lowest BCUT2D eigenvalue weighted by atomic mass is 10.00. The predicted molar refractivity (Wildman–Crippen MR) is 74.2 cm³/mol. The van der Waals surface area contributed by atoms with Gasteiger partial charge in [-0.3, -0.25) is 9.45 Å². The molecule has 0 aliphatic carbocycles. The number of benzene rings is 1. The van der Waals surface area contributed by atoms with Gasteiger partial charge in [-0.25, -0.2) is 0 Å². The molecule has 18 heavy (non-hydrogen) atoms. The molecule has 0 fully saturated rings. The maximum atomic E-state index is 10.6. The number of fused-ring (bicyclic) bond motifs is 1. The Kier molecular flexibility index (Phi) is 4.42. The molecule has 4 nitrogen and oxygen atoms in total. The van der Waals surface area contributed by atoms with Gasteiger partial charge in [0.05, 0.1) is 5.75 Å². The van der Waals surface area contributed by atoms with Crippen molar-refractivity contribution in [2.45, 2.75) is 19.4 Å². The van der Waals surface area contributed by atoms with Crippen molar-refractivity contribution in [3.8, 4) is 0 Å². The highest BCUT2D eigenvalue weighted by Crippen LogP contribution is 2.22. The van der Waals surface area contributed by atoms with Crippen LogP contribution in [0.15, 0.2) is 22.7 Å². The molecule has 1 heterocycles. The zero-order chi connectivity index (χ0) is 13.2.